The highest BCUT2D eigenvalue weighted by atomic mass is 16.4. The molecule has 0 aliphatic rings. The third-order valence-corrected chi connectivity index (χ3v) is 3.24. The van der Waals surface area contributed by atoms with E-state index in [9.17, 15) is 14.7 Å². The Kier molecular flexibility index (Phi) is 4.88. The van der Waals surface area contributed by atoms with Gasteiger partial charge in [-0.15, -0.1) is 0 Å². The van der Waals surface area contributed by atoms with E-state index in [1.807, 2.05) is 26.0 Å². The molecule has 0 aliphatic carbocycles. The van der Waals surface area contributed by atoms with Crippen molar-refractivity contribution < 1.29 is 14.7 Å². The lowest BCUT2D eigenvalue weighted by Crippen LogP contribution is -2.40. The van der Waals surface area contributed by atoms with E-state index < -0.39 is 17.9 Å². The van der Waals surface area contributed by atoms with Crippen molar-refractivity contribution in [2.45, 2.75) is 26.3 Å². The fourth-order valence-electron chi connectivity index (χ4n) is 2.10. The summed E-state index contributed by atoms with van der Waals surface area (Å²) in [4.78, 5) is 27.9. The lowest BCUT2D eigenvalue weighted by molar-refractivity contribution is -0.139. The fourth-order valence-corrected chi connectivity index (χ4v) is 2.10. The first-order chi connectivity index (χ1) is 10.5. The topological polar surface area (TPSA) is 79.3 Å². The van der Waals surface area contributed by atoms with Crippen LogP contribution in [0.4, 0.5) is 0 Å². The zero-order chi connectivity index (χ0) is 16.1. The Morgan fingerprint density at radius 2 is 2.00 bits per heavy atom. The van der Waals surface area contributed by atoms with Gasteiger partial charge in [0.1, 0.15) is 6.04 Å². The van der Waals surface area contributed by atoms with Gasteiger partial charge < -0.3 is 10.4 Å². The number of allylic oxidation sites excluding steroid dienone is 1. The molecular weight excluding hydrogens is 280 g/mol. The van der Waals surface area contributed by atoms with E-state index in [0.29, 0.717) is 11.1 Å². The number of pyridine rings is 1. The SMILES string of the molecule is CC(C)=CC[C@H](NC(=O)c1cccc2cccnc12)C(=O)O. The summed E-state index contributed by atoms with van der Waals surface area (Å²) in [5.74, 6) is -1.49. The smallest absolute Gasteiger partial charge is 0.326 e. The number of fused-ring (bicyclic) bond motifs is 1. The number of nitrogens with one attached hydrogen (secondary N) is 1. The number of amides is 1. The van der Waals surface area contributed by atoms with Gasteiger partial charge in [-0.2, -0.15) is 0 Å². The highest BCUT2D eigenvalue weighted by molar-refractivity contribution is 6.06. The maximum Gasteiger partial charge on any atom is 0.326 e. The number of aromatic nitrogens is 1. The molecule has 0 aliphatic heterocycles. The predicted octanol–water partition coefficient (Wildman–Crippen LogP) is 2.77. The summed E-state index contributed by atoms with van der Waals surface area (Å²) < 4.78 is 0. The highest BCUT2D eigenvalue weighted by Crippen LogP contribution is 2.16. The van der Waals surface area contributed by atoms with Crippen LogP contribution < -0.4 is 5.32 Å². The molecule has 0 unspecified atom stereocenters. The summed E-state index contributed by atoms with van der Waals surface area (Å²) in [5.41, 5.74) is 1.95. The van der Waals surface area contributed by atoms with Crippen molar-refractivity contribution in [3.05, 3.63) is 53.7 Å². The third kappa shape index (κ3) is 3.69. The molecule has 114 valence electrons. The minimum absolute atomic E-state index is 0.252. The Balaban J connectivity index is 2.26. The molecule has 1 amide bonds. The van der Waals surface area contributed by atoms with Crippen LogP contribution in [0.3, 0.4) is 0 Å². The van der Waals surface area contributed by atoms with Crippen LogP contribution in [0.1, 0.15) is 30.6 Å². The Hall–Kier alpha value is -2.69. The number of carbonyl (C=O) groups is 2. The molecule has 2 aromatic rings. The van der Waals surface area contributed by atoms with Gasteiger partial charge in [0.15, 0.2) is 0 Å². The van der Waals surface area contributed by atoms with Crippen molar-refractivity contribution in [2.24, 2.45) is 0 Å². The Labute approximate surface area is 128 Å². The molecule has 1 atom stereocenters. The molecule has 0 bridgehead atoms. The molecule has 5 nitrogen and oxygen atoms in total. The van der Waals surface area contributed by atoms with E-state index in [1.165, 1.54) is 0 Å². The first kappa shape index (κ1) is 15.7. The number of benzene rings is 1. The minimum Gasteiger partial charge on any atom is -0.480 e. The number of carbonyl (C=O) groups excluding carboxylic acids is 1. The van der Waals surface area contributed by atoms with Crippen molar-refractivity contribution >= 4 is 22.8 Å². The lowest BCUT2D eigenvalue weighted by Gasteiger charge is -2.13. The quantitative estimate of drug-likeness (QED) is 0.832. The normalized spacial score (nSPS) is 11.7. The largest absolute Gasteiger partial charge is 0.480 e. The molecule has 1 aromatic carbocycles. The number of hydrogen-bond donors (Lipinski definition) is 2. The van der Waals surface area contributed by atoms with Gasteiger partial charge >= 0.3 is 5.97 Å². The van der Waals surface area contributed by atoms with Gasteiger partial charge in [0, 0.05) is 11.6 Å². The Morgan fingerprint density at radius 3 is 2.68 bits per heavy atom. The molecule has 22 heavy (non-hydrogen) atoms. The van der Waals surface area contributed by atoms with E-state index >= 15 is 0 Å². The second-order valence-electron chi connectivity index (χ2n) is 5.26. The maximum atomic E-state index is 12.4. The fraction of sp³-hybridized carbons (Fsp3) is 0.235. The van der Waals surface area contributed by atoms with Crippen LogP contribution in [0.15, 0.2) is 48.2 Å². The van der Waals surface area contributed by atoms with Crippen LogP contribution in [0.25, 0.3) is 10.9 Å². The van der Waals surface area contributed by atoms with Gasteiger partial charge in [-0.3, -0.25) is 9.78 Å². The van der Waals surface area contributed by atoms with E-state index in [2.05, 4.69) is 10.3 Å². The van der Waals surface area contributed by atoms with Gasteiger partial charge in [0.05, 0.1) is 11.1 Å². The van der Waals surface area contributed by atoms with Crippen LogP contribution in [0.5, 0.6) is 0 Å². The van der Waals surface area contributed by atoms with Crippen molar-refractivity contribution in [1.82, 2.24) is 10.3 Å². The lowest BCUT2D eigenvalue weighted by atomic mass is 10.1. The maximum absolute atomic E-state index is 12.4. The standard InChI is InChI=1S/C17H18N2O3/c1-11(2)8-9-14(17(21)22)19-16(20)13-7-3-5-12-6-4-10-18-15(12)13/h3-8,10,14H,9H2,1-2H3,(H,19,20)(H,21,22)/t14-/m0/s1. The van der Waals surface area contributed by atoms with Crippen LogP contribution in [-0.2, 0) is 4.79 Å². The predicted molar refractivity (Wildman–Crippen MR) is 84.7 cm³/mol. The monoisotopic (exact) mass is 298 g/mol. The molecule has 1 heterocycles. The van der Waals surface area contributed by atoms with E-state index in [0.717, 1.165) is 11.0 Å². The second-order valence-corrected chi connectivity index (χ2v) is 5.26. The molecule has 2 rings (SSSR count). The number of carboxylic acid groups (broad SMARTS) is 1. The minimum atomic E-state index is -1.06. The van der Waals surface area contributed by atoms with Crippen molar-refractivity contribution in [1.29, 1.82) is 0 Å². The molecule has 5 heteroatoms. The number of rotatable bonds is 5. The third-order valence-electron chi connectivity index (χ3n) is 3.24. The van der Waals surface area contributed by atoms with Crippen molar-refractivity contribution in [2.75, 3.05) is 0 Å². The summed E-state index contributed by atoms with van der Waals surface area (Å²) in [6.07, 6.45) is 3.65. The second kappa shape index (κ2) is 6.85. The number of aliphatic carboxylic acids is 1. The Bertz CT molecular complexity index is 728. The molecule has 2 N–H and O–H groups in total. The van der Waals surface area contributed by atoms with Crippen molar-refractivity contribution in [3.8, 4) is 0 Å². The summed E-state index contributed by atoms with van der Waals surface area (Å²) in [6.45, 7) is 3.77. The number of para-hydroxylation sites is 1. The average Bonchev–Trinajstić information content (AvgIpc) is 2.50. The van der Waals surface area contributed by atoms with Gasteiger partial charge in [-0.05, 0) is 32.4 Å². The van der Waals surface area contributed by atoms with Crippen LogP contribution in [0.2, 0.25) is 0 Å². The molecule has 1 aromatic heterocycles. The van der Waals surface area contributed by atoms with Crippen molar-refractivity contribution in [3.63, 3.8) is 0 Å². The van der Waals surface area contributed by atoms with Gasteiger partial charge in [-0.1, -0.05) is 29.8 Å². The van der Waals surface area contributed by atoms with Crippen LogP contribution in [-0.4, -0.2) is 28.0 Å². The molecule has 0 saturated carbocycles. The molecule has 0 saturated heterocycles. The summed E-state index contributed by atoms with van der Waals surface area (Å²) in [7, 11) is 0. The summed E-state index contributed by atoms with van der Waals surface area (Å²) in [6, 6.07) is 7.95. The zero-order valence-electron chi connectivity index (χ0n) is 12.5. The van der Waals surface area contributed by atoms with E-state index in [4.69, 9.17) is 0 Å². The summed E-state index contributed by atoms with van der Waals surface area (Å²) in [5, 5.41) is 12.6. The zero-order valence-corrected chi connectivity index (χ0v) is 12.5. The van der Waals surface area contributed by atoms with Gasteiger partial charge in [0.2, 0.25) is 0 Å². The molecule has 0 spiro atoms. The Morgan fingerprint density at radius 1 is 1.27 bits per heavy atom. The highest BCUT2D eigenvalue weighted by Gasteiger charge is 2.20. The number of hydrogen-bond acceptors (Lipinski definition) is 3. The number of carboxylic acids is 1. The first-order valence-corrected chi connectivity index (χ1v) is 7.00. The van der Waals surface area contributed by atoms with Gasteiger partial charge in [0.25, 0.3) is 5.91 Å². The molecular formula is C17H18N2O3. The summed E-state index contributed by atoms with van der Waals surface area (Å²) >= 11 is 0. The molecule has 0 radical (unpaired) electrons. The first-order valence-electron chi connectivity index (χ1n) is 7.00. The molecule has 0 fully saturated rings. The number of nitrogens with zero attached hydrogens (tertiary/aromatic N) is 1. The van der Waals surface area contributed by atoms with Crippen LogP contribution >= 0.6 is 0 Å². The van der Waals surface area contributed by atoms with Crippen LogP contribution in [0, 0.1) is 0 Å². The van der Waals surface area contributed by atoms with E-state index in [1.54, 1.807) is 30.5 Å². The van der Waals surface area contributed by atoms with E-state index in [-0.39, 0.29) is 6.42 Å². The van der Waals surface area contributed by atoms with Gasteiger partial charge in [-0.25, -0.2) is 4.79 Å². The average molecular weight is 298 g/mol.